The van der Waals surface area contributed by atoms with Crippen LogP contribution in [-0.4, -0.2) is 66.3 Å². The average molecular weight is 565 g/mol. The Hall–Kier alpha value is -4.76. The second-order valence-electron chi connectivity index (χ2n) is 9.46. The Balaban J connectivity index is 1.45. The smallest absolute Gasteiger partial charge is 0.260 e. The molecule has 1 saturated heterocycles. The van der Waals surface area contributed by atoms with Crippen molar-refractivity contribution >= 4 is 33.6 Å². The molecule has 11 heteroatoms. The molecule has 2 aromatic carbocycles. The van der Waals surface area contributed by atoms with Gasteiger partial charge in [-0.3, -0.25) is 4.79 Å². The van der Waals surface area contributed by atoms with Crippen LogP contribution in [0.5, 0.6) is 0 Å². The van der Waals surface area contributed by atoms with Crippen LogP contribution in [0.2, 0.25) is 0 Å². The van der Waals surface area contributed by atoms with Gasteiger partial charge in [0.25, 0.3) is 5.91 Å². The largest absolute Gasteiger partial charge is 0.379 e. The van der Waals surface area contributed by atoms with Gasteiger partial charge < -0.3 is 4.74 Å². The van der Waals surface area contributed by atoms with E-state index in [1.54, 1.807) is 65.5 Å². The number of para-hydroxylation sites is 1. The van der Waals surface area contributed by atoms with Gasteiger partial charge in [0.05, 0.1) is 35.1 Å². The summed E-state index contributed by atoms with van der Waals surface area (Å²) in [5.74, 6) is -0.935. The first kappa shape index (κ1) is 26.5. The van der Waals surface area contributed by atoms with Crippen molar-refractivity contribution in [2.45, 2.75) is 4.90 Å². The van der Waals surface area contributed by atoms with Crippen LogP contribution in [0.1, 0.15) is 5.56 Å². The van der Waals surface area contributed by atoms with E-state index in [4.69, 9.17) is 9.84 Å². The molecule has 0 bridgehead atoms. The second-order valence-corrected chi connectivity index (χ2v) is 11.4. The Morgan fingerprint density at radius 3 is 2.63 bits per heavy atom. The van der Waals surface area contributed by atoms with Gasteiger partial charge in [-0.2, -0.15) is 19.7 Å². The number of aromatic nitrogens is 2. The maximum atomic E-state index is 13.4. The predicted octanol–water partition coefficient (Wildman–Crippen LogP) is 3.59. The quantitative estimate of drug-likeness (QED) is 0.421. The van der Waals surface area contributed by atoms with Crippen molar-refractivity contribution in [3.63, 3.8) is 0 Å². The number of fused-ring (bicyclic) bond motifs is 1. The summed E-state index contributed by atoms with van der Waals surface area (Å²) < 4.78 is 35.1. The lowest BCUT2D eigenvalue weighted by Crippen LogP contribution is -2.40. The number of aliphatic imine (C=N–C) groups is 2. The zero-order chi connectivity index (χ0) is 28.4. The highest BCUT2D eigenvalue weighted by Gasteiger charge is 2.29. The van der Waals surface area contributed by atoms with Gasteiger partial charge in [-0.25, -0.2) is 18.1 Å². The van der Waals surface area contributed by atoms with E-state index in [9.17, 15) is 18.5 Å². The first-order chi connectivity index (χ1) is 19.9. The molecule has 1 unspecified atom stereocenters. The number of sulfonamides is 1. The normalized spacial score (nSPS) is 19.3. The molecule has 10 nitrogen and oxygen atoms in total. The van der Waals surface area contributed by atoms with Gasteiger partial charge in [-0.05, 0) is 36.4 Å². The molecule has 204 valence electrons. The van der Waals surface area contributed by atoms with Crippen molar-refractivity contribution in [1.29, 1.82) is 5.26 Å². The fraction of sp³-hybridized carbons (Fsp3) is 0.167. The highest BCUT2D eigenvalue weighted by atomic mass is 32.2. The monoisotopic (exact) mass is 564 g/mol. The molecule has 0 radical (unpaired) electrons. The fourth-order valence-electron chi connectivity index (χ4n) is 4.76. The number of nitriles is 1. The van der Waals surface area contributed by atoms with Gasteiger partial charge in [-0.15, -0.1) is 0 Å². The Bertz CT molecular complexity index is 1820. The summed E-state index contributed by atoms with van der Waals surface area (Å²) in [6.45, 7) is 1.25. The number of carbonyl (C=O) groups excluding carboxylic acids is 1. The summed E-state index contributed by atoms with van der Waals surface area (Å²) in [5, 5.41) is 14.8. The minimum Gasteiger partial charge on any atom is -0.379 e. The molecule has 3 aliphatic rings. The minimum absolute atomic E-state index is 0.0192. The van der Waals surface area contributed by atoms with Crippen LogP contribution < -0.4 is 0 Å². The molecular formula is C30H24N6O4S. The Morgan fingerprint density at radius 1 is 1.05 bits per heavy atom. The number of rotatable bonds is 6. The molecule has 3 heterocycles. The van der Waals surface area contributed by atoms with Crippen molar-refractivity contribution in [2.24, 2.45) is 15.9 Å². The van der Waals surface area contributed by atoms with E-state index >= 15 is 0 Å². The van der Waals surface area contributed by atoms with Crippen molar-refractivity contribution in [3.8, 4) is 23.0 Å². The van der Waals surface area contributed by atoms with Crippen LogP contribution in [0.15, 0.2) is 106 Å². The topological polar surface area (TPSA) is 130 Å². The maximum absolute atomic E-state index is 13.4. The molecule has 1 amide bonds. The third kappa shape index (κ3) is 5.24. The van der Waals surface area contributed by atoms with Crippen LogP contribution in [0.25, 0.3) is 23.0 Å². The minimum atomic E-state index is -3.75. The van der Waals surface area contributed by atoms with Gasteiger partial charge in [-0.1, -0.05) is 48.6 Å². The van der Waals surface area contributed by atoms with Crippen LogP contribution >= 0.6 is 0 Å². The molecule has 2 aliphatic heterocycles. The zero-order valence-corrected chi connectivity index (χ0v) is 22.6. The molecule has 1 fully saturated rings. The summed E-state index contributed by atoms with van der Waals surface area (Å²) >= 11 is 0. The molecular weight excluding hydrogens is 540 g/mol. The lowest BCUT2D eigenvalue weighted by atomic mass is 9.96. The molecule has 0 saturated carbocycles. The number of amides is 1. The highest BCUT2D eigenvalue weighted by Crippen LogP contribution is 2.30. The molecule has 1 atom stereocenters. The summed E-state index contributed by atoms with van der Waals surface area (Å²) in [7, 11) is -3.75. The maximum Gasteiger partial charge on any atom is 0.260 e. The molecule has 1 aliphatic carbocycles. The van der Waals surface area contributed by atoms with Crippen molar-refractivity contribution < 1.29 is 17.9 Å². The first-order valence-corrected chi connectivity index (χ1v) is 14.4. The third-order valence-corrected chi connectivity index (χ3v) is 8.75. The lowest BCUT2D eigenvalue weighted by molar-refractivity contribution is -0.118. The Morgan fingerprint density at radius 2 is 1.85 bits per heavy atom. The van der Waals surface area contributed by atoms with E-state index in [2.05, 4.69) is 16.1 Å². The summed E-state index contributed by atoms with van der Waals surface area (Å²) in [6.07, 6.45) is 10.3. The average Bonchev–Trinajstić information content (AvgIpc) is 3.45. The predicted molar refractivity (Wildman–Crippen MR) is 154 cm³/mol. The van der Waals surface area contributed by atoms with E-state index in [-0.39, 0.29) is 29.4 Å². The lowest BCUT2D eigenvalue weighted by Gasteiger charge is -2.26. The second kappa shape index (κ2) is 11.0. The number of ether oxygens (including phenoxy) is 1. The Labute approximate surface area is 237 Å². The Kier molecular flexibility index (Phi) is 7.11. The number of amidine groups is 1. The summed E-state index contributed by atoms with van der Waals surface area (Å²) in [6, 6.07) is 18.1. The standard InChI is InChI=1S/C30H24N6O4S/c31-19-22(29-32-27-12-5-4-11-26(27)30(37)33-29)17-23-20-36(24-8-2-1-3-9-24)34-28(23)21-7-6-10-25(18-21)41(38,39)35-13-15-40-16-14-35/h1-12,17-18,20,26H,13-16H2/b22-17-. The van der Waals surface area contributed by atoms with E-state index in [0.29, 0.717) is 35.7 Å². The number of nitrogens with zero attached hydrogens (tertiary/aromatic N) is 6. The van der Waals surface area contributed by atoms with E-state index in [0.717, 1.165) is 5.69 Å². The number of carbonyl (C=O) groups is 1. The molecule has 3 aromatic rings. The number of allylic oxidation sites excluding steroid dienone is 3. The van der Waals surface area contributed by atoms with Crippen LogP contribution in [0.3, 0.4) is 0 Å². The van der Waals surface area contributed by atoms with Crippen molar-refractivity contribution in [2.75, 3.05) is 26.3 Å². The zero-order valence-electron chi connectivity index (χ0n) is 21.8. The van der Waals surface area contributed by atoms with Gasteiger partial charge in [0.2, 0.25) is 10.0 Å². The van der Waals surface area contributed by atoms with Crippen molar-refractivity contribution in [3.05, 3.63) is 96.2 Å². The van der Waals surface area contributed by atoms with E-state index in [1.807, 2.05) is 30.3 Å². The van der Waals surface area contributed by atoms with Crippen LogP contribution in [0, 0.1) is 17.2 Å². The number of hydrogen-bond donors (Lipinski definition) is 0. The number of hydrogen-bond acceptors (Lipinski definition) is 7. The first-order valence-electron chi connectivity index (χ1n) is 13.0. The third-order valence-electron chi connectivity index (χ3n) is 6.86. The molecule has 41 heavy (non-hydrogen) atoms. The fourth-order valence-corrected chi connectivity index (χ4v) is 6.22. The summed E-state index contributed by atoms with van der Waals surface area (Å²) in [4.78, 5) is 21.4. The molecule has 0 spiro atoms. The van der Waals surface area contributed by atoms with E-state index in [1.165, 1.54) is 4.31 Å². The molecule has 1 aromatic heterocycles. The summed E-state index contributed by atoms with van der Waals surface area (Å²) in [5.41, 5.74) is 2.91. The van der Waals surface area contributed by atoms with E-state index < -0.39 is 21.8 Å². The SMILES string of the molecule is N#C/C(=C/c1cn(-c2ccccc2)nc1-c1cccc(S(=O)(=O)N2CCOCC2)c1)C1=NC(=O)C2C=CC=CC2=N1. The number of morpholine rings is 1. The molecule has 0 N–H and O–H groups in total. The van der Waals surface area contributed by atoms with Crippen molar-refractivity contribution in [1.82, 2.24) is 14.1 Å². The van der Waals surface area contributed by atoms with Gasteiger partial charge >= 0.3 is 0 Å². The van der Waals surface area contributed by atoms with Gasteiger partial charge in [0.15, 0.2) is 5.84 Å². The highest BCUT2D eigenvalue weighted by molar-refractivity contribution is 7.89. The number of benzene rings is 2. The van der Waals surface area contributed by atoms with Crippen LogP contribution in [-0.2, 0) is 19.6 Å². The van der Waals surface area contributed by atoms with Gasteiger partial charge in [0.1, 0.15) is 17.7 Å². The van der Waals surface area contributed by atoms with Crippen LogP contribution in [0.4, 0.5) is 0 Å². The van der Waals surface area contributed by atoms with Gasteiger partial charge in [0, 0.05) is 30.4 Å². The molecule has 6 rings (SSSR count).